The van der Waals surface area contributed by atoms with Crippen LogP contribution in [0.3, 0.4) is 0 Å². The van der Waals surface area contributed by atoms with Crippen LogP contribution in [0.2, 0.25) is 0 Å². The summed E-state index contributed by atoms with van der Waals surface area (Å²) < 4.78 is 7.35. The molecule has 1 aromatic carbocycles. The predicted octanol–water partition coefficient (Wildman–Crippen LogP) is 4.17. The van der Waals surface area contributed by atoms with Crippen molar-refractivity contribution in [2.75, 3.05) is 23.3 Å². The van der Waals surface area contributed by atoms with E-state index in [9.17, 15) is 4.79 Å². The third-order valence-corrected chi connectivity index (χ3v) is 5.56. The molecule has 8 nitrogen and oxygen atoms in total. The lowest BCUT2D eigenvalue weighted by molar-refractivity contribution is 0.102. The molecule has 158 valence electrons. The van der Waals surface area contributed by atoms with Gasteiger partial charge in [0.25, 0.3) is 5.91 Å². The number of fused-ring (bicyclic) bond motifs is 1. The molecule has 5 rings (SSSR count). The molecule has 1 aliphatic rings. The lowest BCUT2D eigenvalue weighted by Crippen LogP contribution is -2.30. The molecule has 4 heterocycles. The molecule has 31 heavy (non-hydrogen) atoms. The Morgan fingerprint density at radius 2 is 2.00 bits per heavy atom. The highest BCUT2D eigenvalue weighted by atomic mass is 16.3. The molecule has 0 aliphatic carbocycles. The standard InChI is InChI=1S/C23H24N6O2/c1-15-10-16(6-7-24-15)23-26-20(14-31-23)22(30)25-19-11-17-13-28(2)27-18(17)12-21(19)29-8-4-3-5-9-29/h6-7,10-14H,3-5,8-9H2,1-2H3,(H,25,30). The van der Waals surface area contributed by atoms with Crippen molar-refractivity contribution in [1.82, 2.24) is 19.7 Å². The zero-order chi connectivity index (χ0) is 21.4. The van der Waals surface area contributed by atoms with Crippen LogP contribution in [0, 0.1) is 6.92 Å². The Hall–Kier alpha value is -3.68. The third kappa shape index (κ3) is 3.88. The fraction of sp³-hybridized carbons (Fsp3) is 0.304. The van der Waals surface area contributed by atoms with Gasteiger partial charge in [0.2, 0.25) is 5.89 Å². The van der Waals surface area contributed by atoms with E-state index in [0.29, 0.717) is 5.89 Å². The van der Waals surface area contributed by atoms with E-state index in [2.05, 4.69) is 31.3 Å². The van der Waals surface area contributed by atoms with Crippen LogP contribution in [-0.2, 0) is 7.05 Å². The number of nitrogens with zero attached hydrogens (tertiary/aromatic N) is 5. The zero-order valence-electron chi connectivity index (χ0n) is 17.6. The van der Waals surface area contributed by atoms with Gasteiger partial charge in [-0.3, -0.25) is 14.5 Å². The van der Waals surface area contributed by atoms with Crippen LogP contribution < -0.4 is 10.2 Å². The molecule has 3 aromatic heterocycles. The zero-order valence-corrected chi connectivity index (χ0v) is 17.6. The Kier molecular flexibility index (Phi) is 4.89. The molecule has 8 heteroatoms. The molecule has 0 bridgehead atoms. The number of carbonyl (C=O) groups excluding carboxylic acids is 1. The second kappa shape index (κ2) is 7.86. The molecule has 0 saturated carbocycles. The molecule has 1 saturated heterocycles. The van der Waals surface area contributed by atoms with Crippen LogP contribution >= 0.6 is 0 Å². The molecular formula is C23H24N6O2. The maximum Gasteiger partial charge on any atom is 0.277 e. The Morgan fingerprint density at radius 1 is 1.16 bits per heavy atom. The van der Waals surface area contributed by atoms with Crippen LogP contribution in [-0.4, -0.2) is 38.7 Å². The van der Waals surface area contributed by atoms with E-state index in [1.165, 1.54) is 12.7 Å². The number of hydrogen-bond acceptors (Lipinski definition) is 6. The van der Waals surface area contributed by atoms with Crippen LogP contribution in [0.15, 0.2) is 47.3 Å². The molecule has 4 aromatic rings. The van der Waals surface area contributed by atoms with Crippen molar-refractivity contribution in [3.8, 4) is 11.5 Å². The molecule has 0 unspecified atom stereocenters. The van der Waals surface area contributed by atoms with Crippen molar-refractivity contribution in [3.63, 3.8) is 0 Å². The largest absolute Gasteiger partial charge is 0.444 e. The summed E-state index contributed by atoms with van der Waals surface area (Å²) in [5.74, 6) is 0.0943. The Bertz CT molecular complexity index is 1250. The van der Waals surface area contributed by atoms with E-state index in [1.54, 1.807) is 10.9 Å². The number of amides is 1. The van der Waals surface area contributed by atoms with Gasteiger partial charge in [0.05, 0.1) is 16.9 Å². The topological polar surface area (TPSA) is 89.1 Å². The van der Waals surface area contributed by atoms with Gasteiger partial charge in [-0.05, 0) is 50.5 Å². The lowest BCUT2D eigenvalue weighted by Gasteiger charge is -2.30. The molecular weight excluding hydrogens is 392 g/mol. The monoisotopic (exact) mass is 416 g/mol. The molecule has 1 fully saturated rings. The van der Waals surface area contributed by atoms with Gasteiger partial charge in [-0.1, -0.05) is 0 Å². The van der Waals surface area contributed by atoms with E-state index in [1.807, 2.05) is 38.4 Å². The average molecular weight is 416 g/mol. The van der Waals surface area contributed by atoms with Gasteiger partial charge in [-0.25, -0.2) is 4.98 Å². The summed E-state index contributed by atoms with van der Waals surface area (Å²) in [6.07, 6.45) is 8.56. The maximum atomic E-state index is 13.0. The van der Waals surface area contributed by atoms with Crippen molar-refractivity contribution >= 4 is 28.2 Å². The Labute approximate surface area is 179 Å². The number of aromatic nitrogens is 4. The summed E-state index contributed by atoms with van der Waals surface area (Å²) >= 11 is 0. The highest BCUT2D eigenvalue weighted by molar-refractivity contribution is 6.06. The molecule has 1 N–H and O–H groups in total. The summed E-state index contributed by atoms with van der Waals surface area (Å²) in [6, 6.07) is 7.73. The van der Waals surface area contributed by atoms with E-state index in [0.717, 1.165) is 59.5 Å². The van der Waals surface area contributed by atoms with Gasteiger partial charge in [0, 0.05) is 49.2 Å². The van der Waals surface area contributed by atoms with E-state index in [-0.39, 0.29) is 11.6 Å². The van der Waals surface area contributed by atoms with E-state index < -0.39 is 0 Å². The van der Waals surface area contributed by atoms with Crippen molar-refractivity contribution < 1.29 is 9.21 Å². The highest BCUT2D eigenvalue weighted by Crippen LogP contribution is 2.33. The lowest BCUT2D eigenvalue weighted by atomic mass is 10.1. The molecule has 1 aliphatic heterocycles. The number of carbonyl (C=O) groups is 1. The number of rotatable bonds is 4. The first-order valence-corrected chi connectivity index (χ1v) is 10.5. The number of aryl methyl sites for hydroxylation is 2. The summed E-state index contributed by atoms with van der Waals surface area (Å²) in [5.41, 5.74) is 4.55. The van der Waals surface area contributed by atoms with Gasteiger partial charge < -0.3 is 14.6 Å². The number of piperidine rings is 1. The highest BCUT2D eigenvalue weighted by Gasteiger charge is 2.20. The minimum atomic E-state index is -0.303. The summed E-state index contributed by atoms with van der Waals surface area (Å²) in [7, 11) is 1.90. The number of anilines is 2. The van der Waals surface area contributed by atoms with Gasteiger partial charge in [-0.15, -0.1) is 0 Å². The molecule has 0 atom stereocenters. The van der Waals surface area contributed by atoms with Crippen molar-refractivity contribution in [3.05, 3.63) is 54.3 Å². The number of oxazole rings is 1. The Morgan fingerprint density at radius 3 is 2.81 bits per heavy atom. The van der Waals surface area contributed by atoms with Gasteiger partial charge >= 0.3 is 0 Å². The number of benzene rings is 1. The smallest absolute Gasteiger partial charge is 0.277 e. The van der Waals surface area contributed by atoms with Gasteiger partial charge in [0.1, 0.15) is 6.26 Å². The average Bonchev–Trinajstić information content (AvgIpc) is 3.40. The Balaban J connectivity index is 1.46. The summed E-state index contributed by atoms with van der Waals surface area (Å²) in [4.78, 5) is 23.9. The van der Waals surface area contributed by atoms with E-state index >= 15 is 0 Å². The number of pyridine rings is 1. The second-order valence-corrected chi connectivity index (χ2v) is 7.96. The molecule has 0 radical (unpaired) electrons. The van der Waals surface area contributed by atoms with Crippen molar-refractivity contribution in [1.29, 1.82) is 0 Å². The van der Waals surface area contributed by atoms with Gasteiger partial charge in [0.15, 0.2) is 5.69 Å². The fourth-order valence-electron chi connectivity index (χ4n) is 4.06. The fourth-order valence-corrected chi connectivity index (χ4v) is 4.06. The summed E-state index contributed by atoms with van der Waals surface area (Å²) in [5, 5.41) is 8.56. The van der Waals surface area contributed by atoms with Crippen LogP contribution in [0.4, 0.5) is 11.4 Å². The van der Waals surface area contributed by atoms with Crippen LogP contribution in [0.5, 0.6) is 0 Å². The third-order valence-electron chi connectivity index (χ3n) is 5.56. The molecule has 0 spiro atoms. The summed E-state index contributed by atoms with van der Waals surface area (Å²) in [6.45, 7) is 3.84. The minimum absolute atomic E-state index is 0.236. The quantitative estimate of drug-likeness (QED) is 0.537. The second-order valence-electron chi connectivity index (χ2n) is 7.96. The normalized spacial score (nSPS) is 14.2. The number of nitrogens with one attached hydrogen (secondary N) is 1. The van der Waals surface area contributed by atoms with E-state index in [4.69, 9.17) is 4.42 Å². The van der Waals surface area contributed by atoms with Crippen molar-refractivity contribution in [2.45, 2.75) is 26.2 Å². The number of hydrogen-bond donors (Lipinski definition) is 1. The molecule has 1 amide bonds. The SMILES string of the molecule is Cc1cc(-c2nc(C(=O)Nc3cc4cn(C)nc4cc3N3CCCCC3)co2)ccn1. The first-order chi connectivity index (χ1) is 15.1. The first kappa shape index (κ1) is 19.3. The van der Waals surface area contributed by atoms with Crippen LogP contribution in [0.25, 0.3) is 22.4 Å². The van der Waals surface area contributed by atoms with Crippen LogP contribution in [0.1, 0.15) is 35.4 Å². The van der Waals surface area contributed by atoms with Gasteiger partial charge in [-0.2, -0.15) is 5.10 Å². The predicted molar refractivity (Wildman–Crippen MR) is 119 cm³/mol. The maximum absolute atomic E-state index is 13.0. The van der Waals surface area contributed by atoms with Crippen molar-refractivity contribution in [2.24, 2.45) is 7.05 Å². The minimum Gasteiger partial charge on any atom is -0.444 e. The first-order valence-electron chi connectivity index (χ1n) is 10.5.